The van der Waals surface area contributed by atoms with Crippen LogP contribution in [0.15, 0.2) is 21.5 Å². The van der Waals surface area contributed by atoms with Gasteiger partial charge in [0.1, 0.15) is 15.5 Å². The average molecular weight is 365 g/mol. The van der Waals surface area contributed by atoms with Crippen LogP contribution in [0, 0.1) is 18.6 Å². The van der Waals surface area contributed by atoms with Gasteiger partial charge >= 0.3 is 5.97 Å². The van der Waals surface area contributed by atoms with E-state index in [1.807, 2.05) is 0 Å². The first-order valence-electron chi connectivity index (χ1n) is 6.68. The highest BCUT2D eigenvalue weighted by atomic mass is 32.1. The standard InChI is InChI=1S/C14H11N3O5S2/c1-5-8-11(24-9(5)13(20)21)15-14(23)17(12(8)19)16-10(18)7-3-4-22-6(7)2/h3-4H,1-2H3,(H,15,23)(H,16,18)(H,20,21). The number of rotatable bonds is 3. The average Bonchev–Trinajstić information content (AvgIpc) is 3.07. The summed E-state index contributed by atoms with van der Waals surface area (Å²) >= 11 is 6.02. The first-order chi connectivity index (χ1) is 11.3. The van der Waals surface area contributed by atoms with Crippen molar-refractivity contribution in [2.45, 2.75) is 13.8 Å². The highest BCUT2D eigenvalue weighted by Gasteiger charge is 2.20. The van der Waals surface area contributed by atoms with E-state index in [0.29, 0.717) is 16.2 Å². The molecule has 0 saturated heterocycles. The number of carboxylic acid groups (broad SMARTS) is 1. The van der Waals surface area contributed by atoms with Crippen LogP contribution in [0.2, 0.25) is 0 Å². The van der Waals surface area contributed by atoms with Crippen molar-refractivity contribution >= 4 is 45.6 Å². The molecule has 124 valence electrons. The van der Waals surface area contributed by atoms with Gasteiger partial charge in [-0.1, -0.05) is 0 Å². The third-order valence-electron chi connectivity index (χ3n) is 3.50. The SMILES string of the molecule is Cc1occc1C(=O)Nn1c(=S)[nH]c2sc(C(=O)O)c(C)c2c1=O. The van der Waals surface area contributed by atoms with E-state index in [4.69, 9.17) is 16.6 Å². The van der Waals surface area contributed by atoms with Crippen molar-refractivity contribution in [3.8, 4) is 0 Å². The monoisotopic (exact) mass is 365 g/mol. The van der Waals surface area contributed by atoms with E-state index in [1.165, 1.54) is 19.3 Å². The van der Waals surface area contributed by atoms with Gasteiger partial charge in [-0.2, -0.15) is 4.68 Å². The summed E-state index contributed by atoms with van der Waals surface area (Å²) < 4.78 is 5.90. The molecule has 0 bridgehead atoms. The largest absolute Gasteiger partial charge is 0.477 e. The van der Waals surface area contributed by atoms with Crippen LogP contribution in [-0.2, 0) is 0 Å². The summed E-state index contributed by atoms with van der Waals surface area (Å²) in [5.41, 5.74) is 2.40. The normalized spacial score (nSPS) is 10.9. The van der Waals surface area contributed by atoms with Crippen molar-refractivity contribution in [2.75, 3.05) is 5.43 Å². The molecule has 10 heteroatoms. The summed E-state index contributed by atoms with van der Waals surface area (Å²) in [5.74, 6) is -1.29. The number of aromatic nitrogens is 2. The topological polar surface area (TPSA) is 117 Å². The Balaban J connectivity index is 2.16. The van der Waals surface area contributed by atoms with E-state index in [0.717, 1.165) is 16.0 Å². The summed E-state index contributed by atoms with van der Waals surface area (Å²) in [4.78, 5) is 39.3. The van der Waals surface area contributed by atoms with Crippen molar-refractivity contribution in [3.63, 3.8) is 0 Å². The number of nitrogens with one attached hydrogen (secondary N) is 2. The Morgan fingerprint density at radius 2 is 2.12 bits per heavy atom. The molecule has 8 nitrogen and oxygen atoms in total. The lowest BCUT2D eigenvalue weighted by Gasteiger charge is -2.08. The van der Waals surface area contributed by atoms with Crippen LogP contribution < -0.4 is 11.0 Å². The number of carboxylic acids is 1. The second kappa shape index (κ2) is 5.73. The van der Waals surface area contributed by atoms with Crippen LogP contribution in [0.3, 0.4) is 0 Å². The van der Waals surface area contributed by atoms with Gasteiger partial charge in [-0.25, -0.2) is 4.79 Å². The van der Waals surface area contributed by atoms with E-state index in [2.05, 4.69) is 10.4 Å². The number of aryl methyl sites for hydroxylation is 2. The molecule has 0 atom stereocenters. The molecule has 0 aromatic carbocycles. The number of hydrogen-bond acceptors (Lipinski definition) is 6. The molecule has 0 fully saturated rings. The predicted octanol–water partition coefficient (Wildman–Crippen LogP) is 2.41. The fraction of sp³-hybridized carbons (Fsp3) is 0.143. The minimum atomic E-state index is -1.13. The zero-order chi connectivity index (χ0) is 17.6. The summed E-state index contributed by atoms with van der Waals surface area (Å²) in [6.07, 6.45) is 1.36. The molecule has 0 aliphatic heterocycles. The molecule has 24 heavy (non-hydrogen) atoms. The Labute approximate surface area is 143 Å². The van der Waals surface area contributed by atoms with Gasteiger partial charge in [-0.15, -0.1) is 11.3 Å². The molecular formula is C14H11N3O5S2. The van der Waals surface area contributed by atoms with Crippen LogP contribution in [0.25, 0.3) is 10.2 Å². The molecular weight excluding hydrogens is 354 g/mol. The molecule has 0 saturated carbocycles. The Morgan fingerprint density at radius 3 is 2.71 bits per heavy atom. The minimum Gasteiger partial charge on any atom is -0.477 e. The number of H-pyrrole nitrogens is 1. The Bertz CT molecular complexity index is 1100. The van der Waals surface area contributed by atoms with E-state index < -0.39 is 17.4 Å². The van der Waals surface area contributed by atoms with Gasteiger partial charge < -0.3 is 14.5 Å². The number of carbonyl (C=O) groups excluding carboxylic acids is 1. The number of aromatic amines is 1. The lowest BCUT2D eigenvalue weighted by Crippen LogP contribution is -2.34. The minimum absolute atomic E-state index is 0.0415. The first-order valence-corrected chi connectivity index (χ1v) is 7.91. The highest BCUT2D eigenvalue weighted by molar-refractivity contribution is 7.71. The molecule has 3 heterocycles. The number of fused-ring (bicyclic) bond motifs is 1. The molecule has 3 rings (SSSR count). The zero-order valence-electron chi connectivity index (χ0n) is 12.5. The molecule has 0 radical (unpaired) electrons. The number of hydrogen-bond donors (Lipinski definition) is 3. The van der Waals surface area contributed by atoms with E-state index in [1.54, 1.807) is 6.92 Å². The number of carbonyl (C=O) groups is 2. The maximum Gasteiger partial charge on any atom is 0.346 e. The number of nitrogens with zero attached hydrogens (tertiary/aromatic N) is 1. The van der Waals surface area contributed by atoms with Crippen LogP contribution >= 0.6 is 23.6 Å². The molecule has 3 aromatic rings. The van der Waals surface area contributed by atoms with E-state index >= 15 is 0 Å². The van der Waals surface area contributed by atoms with Gasteiger partial charge in [0.15, 0.2) is 0 Å². The highest BCUT2D eigenvalue weighted by Crippen LogP contribution is 2.26. The van der Waals surface area contributed by atoms with Crippen molar-refractivity contribution in [1.82, 2.24) is 9.66 Å². The van der Waals surface area contributed by atoms with Gasteiger partial charge in [-0.3, -0.25) is 15.0 Å². The van der Waals surface area contributed by atoms with Gasteiger partial charge in [0.2, 0.25) is 4.77 Å². The first kappa shape index (κ1) is 16.1. The summed E-state index contributed by atoms with van der Waals surface area (Å²) in [7, 11) is 0. The van der Waals surface area contributed by atoms with Gasteiger partial charge in [0, 0.05) is 0 Å². The van der Waals surface area contributed by atoms with Crippen LogP contribution in [0.4, 0.5) is 0 Å². The zero-order valence-corrected chi connectivity index (χ0v) is 14.1. The van der Waals surface area contributed by atoms with Gasteiger partial charge in [-0.05, 0) is 37.7 Å². The van der Waals surface area contributed by atoms with Crippen LogP contribution in [0.1, 0.15) is 31.4 Å². The summed E-state index contributed by atoms with van der Waals surface area (Å²) in [6, 6.07) is 1.47. The van der Waals surface area contributed by atoms with Crippen LogP contribution in [0.5, 0.6) is 0 Å². The number of furan rings is 1. The van der Waals surface area contributed by atoms with Crippen LogP contribution in [-0.4, -0.2) is 26.6 Å². The van der Waals surface area contributed by atoms with Gasteiger partial charge in [0.05, 0.1) is 17.2 Å². The summed E-state index contributed by atoms with van der Waals surface area (Å²) in [6.45, 7) is 3.15. The third kappa shape index (κ3) is 2.45. The molecule has 1 amide bonds. The molecule has 0 aliphatic rings. The number of amides is 1. The molecule has 3 N–H and O–H groups in total. The van der Waals surface area contributed by atoms with E-state index in [-0.39, 0.29) is 20.6 Å². The fourth-order valence-corrected chi connectivity index (χ4v) is 3.64. The number of thiophene rings is 1. The maximum absolute atomic E-state index is 12.6. The lowest BCUT2D eigenvalue weighted by molar-refractivity contribution is 0.0701. The fourth-order valence-electron chi connectivity index (χ4n) is 2.30. The van der Waals surface area contributed by atoms with Crippen molar-refractivity contribution in [3.05, 3.63) is 49.2 Å². The smallest absolute Gasteiger partial charge is 0.346 e. The second-order valence-corrected chi connectivity index (χ2v) is 6.37. The molecule has 0 unspecified atom stereocenters. The third-order valence-corrected chi connectivity index (χ3v) is 4.98. The maximum atomic E-state index is 12.6. The summed E-state index contributed by atoms with van der Waals surface area (Å²) in [5, 5.41) is 9.35. The second-order valence-electron chi connectivity index (χ2n) is 4.97. The van der Waals surface area contributed by atoms with Crippen molar-refractivity contribution in [1.29, 1.82) is 0 Å². The quantitative estimate of drug-likeness (QED) is 0.614. The van der Waals surface area contributed by atoms with Crippen molar-refractivity contribution < 1.29 is 19.1 Å². The molecule has 3 aromatic heterocycles. The number of aromatic carboxylic acids is 1. The molecule has 0 aliphatic carbocycles. The Kier molecular flexibility index (Phi) is 3.85. The Morgan fingerprint density at radius 1 is 1.42 bits per heavy atom. The van der Waals surface area contributed by atoms with Gasteiger partial charge in [0.25, 0.3) is 11.5 Å². The molecule has 0 spiro atoms. The predicted molar refractivity (Wildman–Crippen MR) is 90.1 cm³/mol. The lowest BCUT2D eigenvalue weighted by atomic mass is 10.2. The van der Waals surface area contributed by atoms with E-state index in [9.17, 15) is 19.5 Å². The van der Waals surface area contributed by atoms with Crippen molar-refractivity contribution in [2.24, 2.45) is 0 Å². The Hall–Kier alpha value is -2.72.